The average Bonchev–Trinajstić information content (AvgIpc) is 3.06. The Morgan fingerprint density at radius 2 is 1.90 bits per heavy atom. The Labute approximate surface area is 166 Å². The molecule has 0 saturated heterocycles. The second-order valence-electron chi connectivity index (χ2n) is 6.46. The standard InChI is InChI=1S/C20H20N4O5/c1-11-9-15(16-12(2)24-29-18(16)22-11)19(26)28-13(3)17(25)23-20(27)21-10-14-7-5-4-6-8-14/h4-9,13H,10H2,1-3H3,(H2,21,23,25,27)/t13-/m0/s1. The molecule has 0 fully saturated rings. The molecule has 9 nitrogen and oxygen atoms in total. The second-order valence-corrected chi connectivity index (χ2v) is 6.46. The molecule has 9 heteroatoms. The highest BCUT2D eigenvalue weighted by molar-refractivity contribution is 6.04. The molecule has 0 aliphatic heterocycles. The summed E-state index contributed by atoms with van der Waals surface area (Å²) in [5.74, 6) is -1.48. The van der Waals surface area contributed by atoms with E-state index in [0.29, 0.717) is 16.8 Å². The summed E-state index contributed by atoms with van der Waals surface area (Å²) in [4.78, 5) is 40.8. The molecule has 0 aliphatic carbocycles. The van der Waals surface area contributed by atoms with Crippen LogP contribution in [-0.4, -0.2) is 34.2 Å². The molecule has 150 valence electrons. The molecular weight excluding hydrogens is 376 g/mol. The summed E-state index contributed by atoms with van der Waals surface area (Å²) in [5.41, 5.74) is 2.32. The largest absolute Gasteiger partial charge is 0.449 e. The van der Waals surface area contributed by atoms with Crippen LogP contribution in [0.3, 0.4) is 0 Å². The van der Waals surface area contributed by atoms with Crippen LogP contribution in [0.15, 0.2) is 40.9 Å². The van der Waals surface area contributed by atoms with E-state index in [0.717, 1.165) is 5.56 Å². The lowest BCUT2D eigenvalue weighted by Crippen LogP contribution is -2.44. The number of aryl methyl sites for hydroxylation is 2. The maximum absolute atomic E-state index is 12.6. The van der Waals surface area contributed by atoms with Crippen molar-refractivity contribution in [3.05, 3.63) is 58.9 Å². The monoisotopic (exact) mass is 396 g/mol. The number of carbonyl (C=O) groups is 3. The number of hydrogen-bond donors (Lipinski definition) is 2. The zero-order valence-corrected chi connectivity index (χ0v) is 16.2. The fraction of sp³-hybridized carbons (Fsp3) is 0.250. The van der Waals surface area contributed by atoms with E-state index < -0.39 is 24.0 Å². The lowest BCUT2D eigenvalue weighted by atomic mass is 10.1. The Morgan fingerprint density at radius 3 is 2.62 bits per heavy atom. The molecular formula is C20H20N4O5. The number of imide groups is 1. The van der Waals surface area contributed by atoms with Gasteiger partial charge in [-0.25, -0.2) is 14.6 Å². The van der Waals surface area contributed by atoms with Crippen LogP contribution in [0.5, 0.6) is 0 Å². The minimum absolute atomic E-state index is 0.194. The van der Waals surface area contributed by atoms with Crippen molar-refractivity contribution in [2.45, 2.75) is 33.4 Å². The number of ether oxygens (including phenoxy) is 1. The normalized spacial score (nSPS) is 11.7. The predicted octanol–water partition coefficient (Wildman–Crippen LogP) is 2.41. The van der Waals surface area contributed by atoms with Crippen LogP contribution >= 0.6 is 0 Å². The Balaban J connectivity index is 1.60. The van der Waals surface area contributed by atoms with E-state index in [4.69, 9.17) is 9.26 Å². The fourth-order valence-corrected chi connectivity index (χ4v) is 2.69. The third kappa shape index (κ3) is 4.75. The highest BCUT2D eigenvalue weighted by atomic mass is 16.5. The molecule has 3 amide bonds. The van der Waals surface area contributed by atoms with Crippen LogP contribution in [0.25, 0.3) is 11.1 Å². The number of esters is 1. The number of urea groups is 1. The predicted molar refractivity (Wildman–Crippen MR) is 103 cm³/mol. The van der Waals surface area contributed by atoms with Crippen LogP contribution in [0.1, 0.15) is 34.2 Å². The first kappa shape index (κ1) is 20.0. The SMILES string of the molecule is Cc1cc(C(=O)O[C@@H](C)C(=O)NC(=O)NCc2ccccc2)c2c(C)noc2n1. The van der Waals surface area contributed by atoms with Gasteiger partial charge in [-0.1, -0.05) is 35.5 Å². The Morgan fingerprint density at radius 1 is 1.17 bits per heavy atom. The quantitative estimate of drug-likeness (QED) is 0.635. The first-order valence-corrected chi connectivity index (χ1v) is 8.92. The summed E-state index contributed by atoms with van der Waals surface area (Å²) in [7, 11) is 0. The fourth-order valence-electron chi connectivity index (χ4n) is 2.69. The van der Waals surface area contributed by atoms with Crippen LogP contribution in [0.4, 0.5) is 4.79 Å². The van der Waals surface area contributed by atoms with Crippen LogP contribution in [0, 0.1) is 13.8 Å². The minimum atomic E-state index is -1.19. The summed E-state index contributed by atoms with van der Waals surface area (Å²) in [6.45, 7) is 5.01. The van der Waals surface area contributed by atoms with Crippen molar-refractivity contribution in [1.29, 1.82) is 0 Å². The Hall–Kier alpha value is -3.75. The highest BCUT2D eigenvalue weighted by Gasteiger charge is 2.24. The maximum atomic E-state index is 12.6. The van der Waals surface area contributed by atoms with Crippen LogP contribution in [0.2, 0.25) is 0 Å². The van der Waals surface area contributed by atoms with Gasteiger partial charge in [0, 0.05) is 12.2 Å². The summed E-state index contributed by atoms with van der Waals surface area (Å²) in [6.07, 6.45) is -1.19. The van der Waals surface area contributed by atoms with Gasteiger partial charge in [0.05, 0.1) is 16.6 Å². The summed E-state index contributed by atoms with van der Waals surface area (Å²) in [6, 6.07) is 10.1. The smallest absolute Gasteiger partial charge is 0.339 e. The van der Waals surface area contributed by atoms with E-state index in [1.807, 2.05) is 30.3 Å². The zero-order chi connectivity index (χ0) is 21.0. The number of hydrogen-bond acceptors (Lipinski definition) is 7. The zero-order valence-electron chi connectivity index (χ0n) is 16.2. The van der Waals surface area contributed by atoms with E-state index >= 15 is 0 Å². The molecule has 2 heterocycles. The molecule has 1 atom stereocenters. The van der Waals surface area contributed by atoms with Gasteiger partial charge in [-0.05, 0) is 32.4 Å². The van der Waals surface area contributed by atoms with Crippen molar-refractivity contribution in [2.75, 3.05) is 0 Å². The maximum Gasteiger partial charge on any atom is 0.339 e. The Kier molecular flexibility index (Phi) is 5.87. The molecule has 29 heavy (non-hydrogen) atoms. The van der Waals surface area contributed by atoms with Gasteiger partial charge in [0.25, 0.3) is 11.6 Å². The first-order valence-electron chi connectivity index (χ1n) is 8.92. The number of aromatic nitrogens is 2. The van der Waals surface area contributed by atoms with Crippen molar-refractivity contribution >= 4 is 29.0 Å². The second kappa shape index (κ2) is 8.51. The molecule has 1 aromatic carbocycles. The molecule has 0 bridgehead atoms. The molecule has 0 saturated carbocycles. The van der Waals surface area contributed by atoms with E-state index in [2.05, 4.69) is 20.8 Å². The van der Waals surface area contributed by atoms with Gasteiger partial charge >= 0.3 is 12.0 Å². The van der Waals surface area contributed by atoms with E-state index in [9.17, 15) is 14.4 Å². The summed E-state index contributed by atoms with van der Waals surface area (Å²) in [5, 5.41) is 8.94. The summed E-state index contributed by atoms with van der Waals surface area (Å²) >= 11 is 0. The lowest BCUT2D eigenvalue weighted by molar-refractivity contribution is -0.127. The molecule has 0 radical (unpaired) electrons. The van der Waals surface area contributed by atoms with Crippen molar-refractivity contribution in [3.8, 4) is 0 Å². The van der Waals surface area contributed by atoms with Gasteiger partial charge < -0.3 is 14.6 Å². The summed E-state index contributed by atoms with van der Waals surface area (Å²) < 4.78 is 10.3. The van der Waals surface area contributed by atoms with Gasteiger partial charge in [-0.2, -0.15) is 0 Å². The van der Waals surface area contributed by atoms with Crippen LogP contribution in [-0.2, 0) is 16.1 Å². The third-order valence-corrected chi connectivity index (χ3v) is 4.15. The highest BCUT2D eigenvalue weighted by Crippen LogP contribution is 2.22. The van der Waals surface area contributed by atoms with Gasteiger partial charge in [0.15, 0.2) is 6.10 Å². The molecule has 3 rings (SSSR count). The molecule has 0 unspecified atom stereocenters. The van der Waals surface area contributed by atoms with Crippen molar-refractivity contribution in [3.63, 3.8) is 0 Å². The number of benzene rings is 1. The van der Waals surface area contributed by atoms with Gasteiger partial charge in [0.2, 0.25) is 0 Å². The number of carbonyl (C=O) groups excluding carboxylic acids is 3. The van der Waals surface area contributed by atoms with E-state index in [1.54, 1.807) is 13.8 Å². The van der Waals surface area contributed by atoms with E-state index in [-0.39, 0.29) is 17.8 Å². The topological polar surface area (TPSA) is 123 Å². The van der Waals surface area contributed by atoms with Gasteiger partial charge in [-0.15, -0.1) is 0 Å². The number of amides is 3. The number of nitrogens with one attached hydrogen (secondary N) is 2. The Bertz CT molecular complexity index is 1060. The lowest BCUT2D eigenvalue weighted by Gasteiger charge is -2.14. The molecule has 0 spiro atoms. The third-order valence-electron chi connectivity index (χ3n) is 4.15. The van der Waals surface area contributed by atoms with E-state index in [1.165, 1.54) is 13.0 Å². The molecule has 3 aromatic rings. The van der Waals surface area contributed by atoms with Crippen molar-refractivity contribution in [2.24, 2.45) is 0 Å². The van der Waals surface area contributed by atoms with Gasteiger partial charge in [-0.3, -0.25) is 10.1 Å². The van der Waals surface area contributed by atoms with Crippen molar-refractivity contribution in [1.82, 2.24) is 20.8 Å². The average molecular weight is 396 g/mol. The van der Waals surface area contributed by atoms with Crippen LogP contribution < -0.4 is 10.6 Å². The number of nitrogens with zero attached hydrogens (tertiary/aromatic N) is 2. The number of fused-ring (bicyclic) bond motifs is 1. The molecule has 0 aliphatic rings. The van der Waals surface area contributed by atoms with Gasteiger partial charge in [0.1, 0.15) is 0 Å². The van der Waals surface area contributed by atoms with Crippen molar-refractivity contribution < 1.29 is 23.6 Å². The first-order chi connectivity index (χ1) is 13.8. The number of rotatable bonds is 5. The number of pyridine rings is 1. The molecule has 2 N–H and O–H groups in total. The minimum Gasteiger partial charge on any atom is -0.449 e. The molecule has 2 aromatic heterocycles.